The van der Waals surface area contributed by atoms with Gasteiger partial charge in [-0.2, -0.15) is 0 Å². The first-order valence-electron chi connectivity index (χ1n) is 4.73. The molecule has 13 heavy (non-hydrogen) atoms. The lowest BCUT2D eigenvalue weighted by atomic mass is 9.73. The van der Waals surface area contributed by atoms with Crippen LogP contribution >= 0.6 is 0 Å². The third-order valence-electron chi connectivity index (χ3n) is 3.76. The molecule has 3 aliphatic rings. The van der Waals surface area contributed by atoms with Crippen molar-refractivity contribution < 1.29 is 14.4 Å². The highest BCUT2D eigenvalue weighted by molar-refractivity contribution is 6.30. The first-order chi connectivity index (χ1) is 6.12. The summed E-state index contributed by atoms with van der Waals surface area (Å²) in [6.45, 7) is 0. The summed E-state index contributed by atoms with van der Waals surface area (Å²) < 4.78 is 0. The lowest BCUT2D eigenvalue weighted by Gasteiger charge is -2.24. The zero-order valence-electron chi connectivity index (χ0n) is 7.26. The van der Waals surface area contributed by atoms with Crippen LogP contribution in [-0.4, -0.2) is 17.3 Å². The van der Waals surface area contributed by atoms with E-state index in [1.165, 1.54) is 0 Å². The van der Waals surface area contributed by atoms with Crippen molar-refractivity contribution in [2.24, 2.45) is 10.8 Å². The molecule has 0 bridgehead atoms. The predicted octanol–water partition coefficient (Wildman–Crippen LogP) is 0.658. The van der Waals surface area contributed by atoms with Crippen LogP contribution in [0, 0.1) is 10.8 Å². The van der Waals surface area contributed by atoms with Crippen molar-refractivity contribution in [3.8, 4) is 0 Å². The Morgan fingerprint density at radius 2 is 1.15 bits per heavy atom. The van der Waals surface area contributed by atoms with Gasteiger partial charge in [0.05, 0.1) is 17.3 Å². The summed E-state index contributed by atoms with van der Waals surface area (Å²) in [6, 6.07) is 0. The van der Waals surface area contributed by atoms with Gasteiger partial charge in [-0.3, -0.25) is 14.4 Å². The molecular weight excluding hydrogens is 168 g/mol. The molecule has 3 heteroatoms. The number of carbonyl (C=O) groups is 3. The molecule has 0 aromatic rings. The third-order valence-corrected chi connectivity index (χ3v) is 3.76. The number of hydrogen-bond donors (Lipinski definition) is 0. The van der Waals surface area contributed by atoms with Crippen molar-refractivity contribution in [1.29, 1.82) is 0 Å². The van der Waals surface area contributed by atoms with Gasteiger partial charge in [0.25, 0.3) is 0 Å². The molecule has 3 rings (SSSR count). The van der Waals surface area contributed by atoms with Gasteiger partial charge < -0.3 is 0 Å². The minimum absolute atomic E-state index is 0.0196. The molecule has 0 unspecified atom stereocenters. The van der Waals surface area contributed by atoms with Gasteiger partial charge in [-0.1, -0.05) is 0 Å². The van der Waals surface area contributed by atoms with Crippen LogP contribution in [0.2, 0.25) is 0 Å². The molecule has 0 radical (unpaired) electrons. The molecule has 0 aromatic heterocycles. The van der Waals surface area contributed by atoms with Crippen molar-refractivity contribution in [2.45, 2.75) is 32.1 Å². The fourth-order valence-electron chi connectivity index (χ4n) is 2.46. The Hall–Kier alpha value is -0.990. The second-order valence-corrected chi connectivity index (χ2v) is 4.52. The highest BCUT2D eigenvalue weighted by Gasteiger charge is 2.71. The van der Waals surface area contributed by atoms with Gasteiger partial charge in [0, 0.05) is 0 Å². The predicted molar refractivity (Wildman–Crippen MR) is 43.0 cm³/mol. The van der Waals surface area contributed by atoms with Gasteiger partial charge in [0.2, 0.25) is 0 Å². The van der Waals surface area contributed by atoms with Crippen LogP contribution in [0.1, 0.15) is 32.1 Å². The van der Waals surface area contributed by atoms with Crippen LogP contribution in [0.3, 0.4) is 0 Å². The van der Waals surface area contributed by atoms with Crippen LogP contribution in [0.25, 0.3) is 0 Å². The average Bonchev–Trinajstić information content (AvgIpc) is 2.98. The SMILES string of the molecule is O=C1CC(=O)C2(CC2)C(=O)C12CC2. The maximum Gasteiger partial charge on any atom is 0.159 e. The van der Waals surface area contributed by atoms with E-state index in [0.29, 0.717) is 25.7 Å². The summed E-state index contributed by atoms with van der Waals surface area (Å²) in [4.78, 5) is 34.8. The molecule has 3 fully saturated rings. The van der Waals surface area contributed by atoms with Gasteiger partial charge in [-0.25, -0.2) is 0 Å². The molecule has 3 nitrogen and oxygen atoms in total. The molecular formula is C10H10O3. The maximum atomic E-state index is 11.9. The highest BCUT2D eigenvalue weighted by atomic mass is 16.2. The Morgan fingerprint density at radius 1 is 0.769 bits per heavy atom. The Morgan fingerprint density at radius 3 is 1.46 bits per heavy atom. The lowest BCUT2D eigenvalue weighted by Crippen LogP contribution is -2.44. The minimum atomic E-state index is -0.676. The van der Waals surface area contributed by atoms with Gasteiger partial charge in [-0.05, 0) is 25.7 Å². The maximum absolute atomic E-state index is 11.9. The van der Waals surface area contributed by atoms with Crippen LogP contribution in [0.5, 0.6) is 0 Å². The van der Waals surface area contributed by atoms with Crippen LogP contribution in [0.15, 0.2) is 0 Å². The zero-order chi connectivity index (χ0) is 9.27. The number of Topliss-reactive ketones (excluding diaryl/α,β-unsaturated/α-hetero) is 3. The van der Waals surface area contributed by atoms with E-state index in [1.54, 1.807) is 0 Å². The van der Waals surface area contributed by atoms with Gasteiger partial charge in [-0.15, -0.1) is 0 Å². The Kier molecular flexibility index (Phi) is 1.01. The standard InChI is InChI=1S/C10H10O3/c11-6-5-7(12)10(3-4-10)8(13)9(6)1-2-9/h1-5H2. The smallest absolute Gasteiger partial charge is 0.159 e. The molecule has 3 saturated carbocycles. The van der Waals surface area contributed by atoms with Crippen molar-refractivity contribution in [3.63, 3.8) is 0 Å². The summed E-state index contributed by atoms with van der Waals surface area (Å²) in [5, 5.41) is 0. The second kappa shape index (κ2) is 1.76. The third kappa shape index (κ3) is 0.653. The molecule has 68 valence electrons. The molecule has 0 aromatic carbocycles. The quantitative estimate of drug-likeness (QED) is 0.512. The largest absolute Gasteiger partial charge is 0.298 e. The van der Waals surface area contributed by atoms with Crippen LogP contribution in [0.4, 0.5) is 0 Å². The molecule has 0 aliphatic heterocycles. The first kappa shape index (κ1) is 7.42. The second-order valence-electron chi connectivity index (χ2n) is 4.52. The first-order valence-corrected chi connectivity index (χ1v) is 4.73. The van der Waals surface area contributed by atoms with E-state index in [1.807, 2.05) is 0 Å². The Balaban J connectivity index is 2.07. The Labute approximate surface area is 75.5 Å². The molecule has 2 spiro atoms. The van der Waals surface area contributed by atoms with E-state index in [2.05, 4.69) is 0 Å². The lowest BCUT2D eigenvalue weighted by molar-refractivity contribution is -0.148. The van der Waals surface area contributed by atoms with E-state index < -0.39 is 10.8 Å². The fourth-order valence-corrected chi connectivity index (χ4v) is 2.46. The Bertz CT molecular complexity index is 313. The summed E-state index contributed by atoms with van der Waals surface area (Å²) in [6.07, 6.45) is 2.80. The number of carbonyl (C=O) groups excluding carboxylic acids is 3. The van der Waals surface area contributed by atoms with Gasteiger partial charge in [0.15, 0.2) is 17.3 Å². The number of hydrogen-bond acceptors (Lipinski definition) is 3. The van der Waals surface area contributed by atoms with Crippen molar-refractivity contribution in [1.82, 2.24) is 0 Å². The number of ketones is 3. The fraction of sp³-hybridized carbons (Fsp3) is 0.700. The summed E-state index contributed by atoms with van der Waals surface area (Å²) in [5.74, 6) is -0.263. The molecule has 3 aliphatic carbocycles. The zero-order valence-corrected chi connectivity index (χ0v) is 7.26. The average molecular weight is 178 g/mol. The van der Waals surface area contributed by atoms with Crippen LogP contribution in [-0.2, 0) is 14.4 Å². The topological polar surface area (TPSA) is 51.2 Å². The van der Waals surface area contributed by atoms with E-state index in [9.17, 15) is 14.4 Å². The molecule has 0 saturated heterocycles. The number of rotatable bonds is 0. The normalized spacial score (nSPS) is 32.8. The van der Waals surface area contributed by atoms with Gasteiger partial charge in [0.1, 0.15) is 0 Å². The molecule has 0 heterocycles. The highest BCUT2D eigenvalue weighted by Crippen LogP contribution is 2.62. The van der Waals surface area contributed by atoms with E-state index in [4.69, 9.17) is 0 Å². The van der Waals surface area contributed by atoms with E-state index in [-0.39, 0.29) is 23.8 Å². The molecule has 0 N–H and O–H groups in total. The summed E-state index contributed by atoms with van der Waals surface area (Å²) in [7, 11) is 0. The van der Waals surface area contributed by atoms with Crippen molar-refractivity contribution in [3.05, 3.63) is 0 Å². The van der Waals surface area contributed by atoms with E-state index >= 15 is 0 Å². The minimum Gasteiger partial charge on any atom is -0.298 e. The monoisotopic (exact) mass is 178 g/mol. The molecule has 0 atom stereocenters. The summed E-state index contributed by atoms with van der Waals surface area (Å²) in [5.41, 5.74) is -1.35. The van der Waals surface area contributed by atoms with Crippen molar-refractivity contribution in [2.75, 3.05) is 0 Å². The van der Waals surface area contributed by atoms with Crippen LogP contribution < -0.4 is 0 Å². The van der Waals surface area contributed by atoms with Gasteiger partial charge >= 0.3 is 0 Å². The summed E-state index contributed by atoms with van der Waals surface area (Å²) >= 11 is 0. The van der Waals surface area contributed by atoms with E-state index in [0.717, 1.165) is 0 Å². The molecule has 0 amide bonds. The van der Waals surface area contributed by atoms with Crippen molar-refractivity contribution >= 4 is 17.3 Å².